The SMILES string of the molecule is CNCc1cccc(NC(=O)c2ccc([N+](=O)[O-])s2)c1. The fourth-order valence-electron chi connectivity index (χ4n) is 1.70. The van der Waals surface area contributed by atoms with Crippen LogP contribution in [0.3, 0.4) is 0 Å². The Kier molecular flexibility index (Phi) is 4.44. The molecule has 0 saturated heterocycles. The second-order valence-corrected chi connectivity index (χ2v) is 5.14. The van der Waals surface area contributed by atoms with Crippen LogP contribution in [0.1, 0.15) is 15.2 Å². The second kappa shape index (κ2) is 6.27. The summed E-state index contributed by atoms with van der Waals surface area (Å²) >= 11 is 0.859. The van der Waals surface area contributed by atoms with E-state index in [2.05, 4.69) is 10.6 Å². The molecule has 2 N–H and O–H groups in total. The van der Waals surface area contributed by atoms with Gasteiger partial charge in [0.25, 0.3) is 5.91 Å². The van der Waals surface area contributed by atoms with E-state index in [1.165, 1.54) is 12.1 Å². The zero-order valence-corrected chi connectivity index (χ0v) is 11.6. The number of amides is 1. The molecule has 0 aliphatic heterocycles. The lowest BCUT2D eigenvalue weighted by Gasteiger charge is -2.06. The quantitative estimate of drug-likeness (QED) is 0.655. The monoisotopic (exact) mass is 291 g/mol. The molecule has 0 fully saturated rings. The number of rotatable bonds is 5. The Morgan fingerprint density at radius 1 is 1.35 bits per heavy atom. The highest BCUT2D eigenvalue weighted by Crippen LogP contribution is 2.24. The fraction of sp³-hybridized carbons (Fsp3) is 0.154. The van der Waals surface area contributed by atoms with Gasteiger partial charge in [0.2, 0.25) is 0 Å². The minimum Gasteiger partial charge on any atom is -0.321 e. The Labute approximate surface area is 119 Å². The smallest absolute Gasteiger partial charge is 0.321 e. The fourth-order valence-corrected chi connectivity index (χ4v) is 2.42. The zero-order chi connectivity index (χ0) is 14.5. The zero-order valence-electron chi connectivity index (χ0n) is 10.8. The Hall–Kier alpha value is -2.25. The van der Waals surface area contributed by atoms with Crippen molar-refractivity contribution in [3.63, 3.8) is 0 Å². The van der Waals surface area contributed by atoms with Gasteiger partial charge in [-0.3, -0.25) is 14.9 Å². The van der Waals surface area contributed by atoms with Gasteiger partial charge < -0.3 is 10.6 Å². The summed E-state index contributed by atoms with van der Waals surface area (Å²) in [5, 5.41) is 16.3. The highest BCUT2D eigenvalue weighted by Gasteiger charge is 2.15. The average Bonchev–Trinajstić information content (AvgIpc) is 2.89. The summed E-state index contributed by atoms with van der Waals surface area (Å²) in [5.74, 6) is -0.343. The van der Waals surface area contributed by atoms with Gasteiger partial charge in [-0.25, -0.2) is 0 Å². The third-order valence-corrected chi connectivity index (χ3v) is 3.60. The van der Waals surface area contributed by atoms with Crippen molar-refractivity contribution >= 4 is 27.9 Å². The van der Waals surface area contributed by atoms with Crippen molar-refractivity contribution in [1.82, 2.24) is 5.32 Å². The van der Waals surface area contributed by atoms with E-state index in [9.17, 15) is 14.9 Å². The first-order chi connectivity index (χ1) is 9.60. The molecule has 20 heavy (non-hydrogen) atoms. The summed E-state index contributed by atoms with van der Waals surface area (Å²) in [4.78, 5) is 22.4. The first kappa shape index (κ1) is 14.2. The predicted octanol–water partition coefficient (Wildman–Crippen LogP) is 2.63. The summed E-state index contributed by atoms with van der Waals surface area (Å²) in [6, 6.07) is 10.2. The first-order valence-corrected chi connectivity index (χ1v) is 6.71. The third-order valence-electron chi connectivity index (χ3n) is 2.56. The number of nitrogens with one attached hydrogen (secondary N) is 2. The molecular weight excluding hydrogens is 278 g/mol. The predicted molar refractivity (Wildman–Crippen MR) is 78.1 cm³/mol. The Morgan fingerprint density at radius 2 is 2.15 bits per heavy atom. The van der Waals surface area contributed by atoms with Crippen molar-refractivity contribution in [2.75, 3.05) is 12.4 Å². The molecule has 0 saturated carbocycles. The second-order valence-electron chi connectivity index (χ2n) is 4.08. The van der Waals surface area contributed by atoms with E-state index >= 15 is 0 Å². The maximum atomic E-state index is 12.0. The van der Waals surface area contributed by atoms with E-state index < -0.39 is 4.92 Å². The molecule has 2 rings (SSSR count). The van der Waals surface area contributed by atoms with Gasteiger partial charge in [-0.15, -0.1) is 0 Å². The molecule has 104 valence electrons. The summed E-state index contributed by atoms with van der Waals surface area (Å²) in [6.45, 7) is 0.703. The van der Waals surface area contributed by atoms with Crippen molar-refractivity contribution in [3.05, 3.63) is 57.0 Å². The molecule has 2 aromatic rings. The van der Waals surface area contributed by atoms with Gasteiger partial charge in [-0.2, -0.15) is 0 Å². The maximum Gasteiger partial charge on any atom is 0.324 e. The Bertz CT molecular complexity index is 639. The van der Waals surface area contributed by atoms with Crippen LogP contribution in [-0.2, 0) is 6.54 Å². The number of anilines is 1. The van der Waals surface area contributed by atoms with Crippen LogP contribution in [0.15, 0.2) is 36.4 Å². The molecule has 0 atom stereocenters. The van der Waals surface area contributed by atoms with Crippen LogP contribution in [-0.4, -0.2) is 17.9 Å². The van der Waals surface area contributed by atoms with E-state index in [4.69, 9.17) is 0 Å². The van der Waals surface area contributed by atoms with E-state index in [0.717, 1.165) is 16.9 Å². The summed E-state index contributed by atoms with van der Waals surface area (Å²) in [7, 11) is 1.84. The normalized spacial score (nSPS) is 10.2. The minimum absolute atomic E-state index is 0.0425. The number of nitro groups is 1. The molecule has 1 aromatic carbocycles. The standard InChI is InChI=1S/C13H13N3O3S/c1-14-8-9-3-2-4-10(7-9)15-13(17)11-5-6-12(20-11)16(18)19/h2-7,14H,8H2,1H3,(H,15,17). The van der Waals surface area contributed by atoms with Gasteiger partial charge in [0.15, 0.2) is 0 Å². The van der Waals surface area contributed by atoms with Gasteiger partial charge >= 0.3 is 5.00 Å². The molecule has 0 unspecified atom stereocenters. The summed E-state index contributed by atoms with van der Waals surface area (Å²) in [5.41, 5.74) is 1.71. The van der Waals surface area contributed by atoms with Gasteiger partial charge in [-0.05, 0) is 30.8 Å². The highest BCUT2D eigenvalue weighted by atomic mass is 32.1. The van der Waals surface area contributed by atoms with E-state index in [0.29, 0.717) is 17.1 Å². The molecule has 0 aliphatic carbocycles. The minimum atomic E-state index is -0.505. The van der Waals surface area contributed by atoms with Crippen LogP contribution in [0.25, 0.3) is 0 Å². The van der Waals surface area contributed by atoms with Crippen molar-refractivity contribution in [1.29, 1.82) is 0 Å². The van der Waals surface area contributed by atoms with Gasteiger partial charge in [-0.1, -0.05) is 23.5 Å². The number of carbonyl (C=O) groups is 1. The van der Waals surface area contributed by atoms with Crippen LogP contribution in [0.2, 0.25) is 0 Å². The average molecular weight is 291 g/mol. The van der Waals surface area contributed by atoms with E-state index in [-0.39, 0.29) is 10.9 Å². The molecular formula is C13H13N3O3S. The Morgan fingerprint density at radius 3 is 2.80 bits per heavy atom. The van der Waals surface area contributed by atoms with Crippen LogP contribution in [0.4, 0.5) is 10.7 Å². The number of thiophene rings is 1. The lowest BCUT2D eigenvalue weighted by Crippen LogP contribution is -2.11. The number of hydrogen-bond donors (Lipinski definition) is 2. The molecule has 0 aliphatic rings. The van der Waals surface area contributed by atoms with Gasteiger partial charge in [0.05, 0.1) is 9.80 Å². The van der Waals surface area contributed by atoms with Crippen molar-refractivity contribution < 1.29 is 9.72 Å². The summed E-state index contributed by atoms with van der Waals surface area (Å²) < 4.78 is 0. The number of hydrogen-bond acceptors (Lipinski definition) is 5. The van der Waals surface area contributed by atoms with Crippen molar-refractivity contribution in [2.45, 2.75) is 6.54 Å². The summed E-state index contributed by atoms with van der Waals surface area (Å²) in [6.07, 6.45) is 0. The van der Waals surface area contributed by atoms with Gasteiger partial charge in [0.1, 0.15) is 0 Å². The number of carbonyl (C=O) groups excluding carboxylic acids is 1. The molecule has 0 radical (unpaired) electrons. The highest BCUT2D eigenvalue weighted by molar-refractivity contribution is 7.17. The van der Waals surface area contributed by atoms with Crippen LogP contribution in [0.5, 0.6) is 0 Å². The van der Waals surface area contributed by atoms with Crippen LogP contribution in [0, 0.1) is 10.1 Å². The Balaban J connectivity index is 2.10. The van der Waals surface area contributed by atoms with Crippen LogP contribution < -0.4 is 10.6 Å². The van der Waals surface area contributed by atoms with E-state index in [1.807, 2.05) is 25.2 Å². The van der Waals surface area contributed by atoms with Crippen molar-refractivity contribution in [3.8, 4) is 0 Å². The molecule has 1 heterocycles. The molecule has 0 bridgehead atoms. The molecule has 6 nitrogen and oxygen atoms in total. The topological polar surface area (TPSA) is 84.3 Å². The molecule has 1 amide bonds. The van der Waals surface area contributed by atoms with Crippen LogP contribution >= 0.6 is 11.3 Å². The maximum absolute atomic E-state index is 12.0. The molecule has 0 spiro atoms. The number of benzene rings is 1. The molecule has 1 aromatic heterocycles. The number of nitrogens with zero attached hydrogens (tertiary/aromatic N) is 1. The van der Waals surface area contributed by atoms with Crippen molar-refractivity contribution in [2.24, 2.45) is 0 Å². The lowest BCUT2D eigenvalue weighted by atomic mass is 10.2. The third kappa shape index (κ3) is 3.40. The first-order valence-electron chi connectivity index (χ1n) is 5.89. The van der Waals surface area contributed by atoms with Gasteiger partial charge in [0, 0.05) is 18.3 Å². The van der Waals surface area contributed by atoms with E-state index in [1.54, 1.807) is 6.07 Å². The lowest BCUT2D eigenvalue weighted by molar-refractivity contribution is -0.380. The molecule has 7 heteroatoms. The largest absolute Gasteiger partial charge is 0.324 e.